The van der Waals surface area contributed by atoms with Gasteiger partial charge < -0.3 is 4.90 Å². The first-order valence-corrected chi connectivity index (χ1v) is 9.48. The van der Waals surface area contributed by atoms with Crippen LogP contribution in [0.4, 0.5) is 0 Å². The van der Waals surface area contributed by atoms with Crippen molar-refractivity contribution in [2.45, 2.75) is 70.2 Å². The molecule has 114 valence electrons. The van der Waals surface area contributed by atoms with E-state index in [0.717, 1.165) is 18.2 Å². The number of rotatable bonds is 7. The third-order valence-electron chi connectivity index (χ3n) is 4.29. The molecule has 0 bridgehead atoms. The van der Waals surface area contributed by atoms with Gasteiger partial charge in [-0.25, -0.2) is 4.98 Å². The maximum absolute atomic E-state index is 5.79. The van der Waals surface area contributed by atoms with E-state index in [4.69, 9.17) is 11.6 Å². The minimum atomic E-state index is 0.544. The average molecular weight is 315 g/mol. The van der Waals surface area contributed by atoms with Crippen LogP contribution >= 0.6 is 22.9 Å². The molecule has 1 aromatic rings. The second-order valence-corrected chi connectivity index (χ2v) is 6.98. The lowest BCUT2D eigenvalue weighted by atomic mass is 10.1. The molecule has 0 N–H and O–H groups in total. The van der Waals surface area contributed by atoms with Gasteiger partial charge in [-0.15, -0.1) is 22.9 Å². The van der Waals surface area contributed by atoms with E-state index in [-0.39, 0.29) is 0 Å². The van der Waals surface area contributed by atoms with Crippen LogP contribution in [0.5, 0.6) is 0 Å². The molecule has 1 aliphatic rings. The summed E-state index contributed by atoms with van der Waals surface area (Å²) in [4.78, 5) is 7.27. The largest absolute Gasteiger partial charge is 0.300 e. The zero-order chi connectivity index (χ0) is 14.2. The van der Waals surface area contributed by atoms with Gasteiger partial charge in [0.2, 0.25) is 0 Å². The minimum absolute atomic E-state index is 0.544. The van der Waals surface area contributed by atoms with Crippen LogP contribution in [0.3, 0.4) is 0 Å². The van der Waals surface area contributed by atoms with Crippen LogP contribution in [-0.2, 0) is 12.3 Å². The summed E-state index contributed by atoms with van der Waals surface area (Å²) >= 11 is 7.55. The fourth-order valence-corrected chi connectivity index (χ4v) is 4.18. The number of nitrogens with zero attached hydrogens (tertiary/aromatic N) is 2. The second kappa shape index (κ2) is 9.01. The normalized spacial score (nSPS) is 21.0. The molecule has 1 saturated heterocycles. The van der Waals surface area contributed by atoms with Gasteiger partial charge in [0, 0.05) is 11.4 Å². The molecule has 0 amide bonds. The molecule has 0 aliphatic carbocycles. The summed E-state index contributed by atoms with van der Waals surface area (Å²) in [6.07, 6.45) is 10.6. The Morgan fingerprint density at radius 3 is 3.00 bits per heavy atom. The lowest BCUT2D eigenvalue weighted by Gasteiger charge is -2.29. The van der Waals surface area contributed by atoms with Crippen LogP contribution in [0, 0.1) is 0 Å². The molecular formula is C16H27ClN2S. The van der Waals surface area contributed by atoms with Crippen LogP contribution in [-0.4, -0.2) is 29.0 Å². The molecular weight excluding hydrogens is 288 g/mol. The fraction of sp³-hybridized carbons (Fsp3) is 0.812. The number of unbranched alkanes of at least 4 members (excludes halogenated alkanes) is 1. The summed E-state index contributed by atoms with van der Waals surface area (Å²) in [6, 6.07) is 0.834. The standard InChI is InChI=1S/C16H27ClN2S/c1-2-15-8-4-3-6-10-19(15)11-7-5-9-16-18-14(12-17)13-20-16/h13,15H,2-12H2,1H3. The number of hydrogen-bond donors (Lipinski definition) is 0. The van der Waals surface area contributed by atoms with Crippen LogP contribution < -0.4 is 0 Å². The number of aryl methyl sites for hydroxylation is 1. The number of thiazole rings is 1. The number of hydrogen-bond acceptors (Lipinski definition) is 3. The Labute approximate surface area is 132 Å². The van der Waals surface area contributed by atoms with Crippen molar-refractivity contribution in [3.63, 3.8) is 0 Å². The Hall–Kier alpha value is -0.120. The van der Waals surface area contributed by atoms with Gasteiger partial charge in [0.25, 0.3) is 0 Å². The molecule has 20 heavy (non-hydrogen) atoms. The Morgan fingerprint density at radius 1 is 1.35 bits per heavy atom. The van der Waals surface area contributed by atoms with Crippen molar-refractivity contribution in [1.82, 2.24) is 9.88 Å². The average Bonchev–Trinajstić information content (AvgIpc) is 2.81. The van der Waals surface area contributed by atoms with E-state index in [1.165, 1.54) is 63.0 Å². The molecule has 1 aromatic heterocycles. The lowest BCUT2D eigenvalue weighted by Crippen LogP contribution is -2.35. The van der Waals surface area contributed by atoms with Gasteiger partial charge in [0.1, 0.15) is 0 Å². The van der Waals surface area contributed by atoms with Gasteiger partial charge in [-0.2, -0.15) is 0 Å². The maximum atomic E-state index is 5.79. The van der Waals surface area contributed by atoms with E-state index in [1.54, 1.807) is 11.3 Å². The number of likely N-dealkylation sites (tertiary alicyclic amines) is 1. The van der Waals surface area contributed by atoms with Crippen LogP contribution in [0.1, 0.15) is 62.6 Å². The molecule has 0 radical (unpaired) electrons. The van der Waals surface area contributed by atoms with E-state index < -0.39 is 0 Å². The first-order valence-electron chi connectivity index (χ1n) is 8.06. The van der Waals surface area contributed by atoms with E-state index in [9.17, 15) is 0 Å². The predicted molar refractivity (Wildman–Crippen MR) is 88.7 cm³/mol. The molecule has 1 aliphatic heterocycles. The third kappa shape index (κ3) is 5.01. The van der Waals surface area contributed by atoms with Gasteiger partial charge in [-0.05, 0) is 51.6 Å². The monoisotopic (exact) mass is 314 g/mol. The molecule has 2 nitrogen and oxygen atoms in total. The van der Waals surface area contributed by atoms with Crippen molar-refractivity contribution < 1.29 is 0 Å². The molecule has 0 aromatic carbocycles. The van der Waals surface area contributed by atoms with E-state index in [2.05, 4.69) is 22.2 Å². The van der Waals surface area contributed by atoms with Gasteiger partial charge >= 0.3 is 0 Å². The molecule has 2 heterocycles. The van der Waals surface area contributed by atoms with Crippen molar-refractivity contribution in [3.8, 4) is 0 Å². The molecule has 0 saturated carbocycles. The Balaban J connectivity index is 1.68. The quantitative estimate of drug-likeness (QED) is 0.528. The summed E-state index contributed by atoms with van der Waals surface area (Å²) < 4.78 is 0. The number of aromatic nitrogens is 1. The van der Waals surface area contributed by atoms with Crippen molar-refractivity contribution >= 4 is 22.9 Å². The van der Waals surface area contributed by atoms with Crippen molar-refractivity contribution in [3.05, 3.63) is 16.1 Å². The lowest BCUT2D eigenvalue weighted by molar-refractivity contribution is 0.191. The van der Waals surface area contributed by atoms with Crippen LogP contribution in [0.2, 0.25) is 0 Å². The van der Waals surface area contributed by atoms with Crippen molar-refractivity contribution in [2.24, 2.45) is 0 Å². The minimum Gasteiger partial charge on any atom is -0.300 e. The second-order valence-electron chi connectivity index (χ2n) is 5.77. The zero-order valence-electron chi connectivity index (χ0n) is 12.6. The highest BCUT2D eigenvalue weighted by molar-refractivity contribution is 7.09. The highest BCUT2D eigenvalue weighted by Crippen LogP contribution is 2.20. The van der Waals surface area contributed by atoms with E-state index in [1.807, 2.05) is 0 Å². The predicted octanol–water partition coefficient (Wildman–Crippen LogP) is 4.86. The Kier molecular flexibility index (Phi) is 7.32. The summed E-state index contributed by atoms with van der Waals surface area (Å²) in [6.45, 7) is 4.92. The summed E-state index contributed by atoms with van der Waals surface area (Å²) in [5.41, 5.74) is 1.03. The number of alkyl halides is 1. The third-order valence-corrected chi connectivity index (χ3v) is 5.52. The topological polar surface area (TPSA) is 16.1 Å². The molecule has 4 heteroatoms. The fourth-order valence-electron chi connectivity index (χ4n) is 3.11. The first-order chi connectivity index (χ1) is 9.83. The summed E-state index contributed by atoms with van der Waals surface area (Å²) in [5.74, 6) is 0.544. The van der Waals surface area contributed by atoms with Gasteiger partial charge in [0.15, 0.2) is 0 Å². The zero-order valence-corrected chi connectivity index (χ0v) is 14.2. The highest BCUT2D eigenvalue weighted by atomic mass is 35.5. The molecule has 1 fully saturated rings. The maximum Gasteiger partial charge on any atom is 0.0928 e. The molecule has 2 rings (SSSR count). The Morgan fingerprint density at radius 2 is 2.25 bits per heavy atom. The van der Waals surface area contributed by atoms with Gasteiger partial charge in [-0.1, -0.05) is 19.8 Å². The number of halogens is 1. The van der Waals surface area contributed by atoms with Crippen LogP contribution in [0.25, 0.3) is 0 Å². The first kappa shape index (κ1) is 16.3. The molecule has 0 spiro atoms. The smallest absolute Gasteiger partial charge is 0.0928 e. The van der Waals surface area contributed by atoms with Crippen molar-refractivity contribution in [2.75, 3.05) is 13.1 Å². The Bertz CT molecular complexity index is 380. The van der Waals surface area contributed by atoms with Crippen molar-refractivity contribution in [1.29, 1.82) is 0 Å². The van der Waals surface area contributed by atoms with Gasteiger partial charge in [0.05, 0.1) is 16.6 Å². The van der Waals surface area contributed by atoms with E-state index >= 15 is 0 Å². The van der Waals surface area contributed by atoms with E-state index in [0.29, 0.717) is 5.88 Å². The molecule has 1 unspecified atom stereocenters. The molecule has 1 atom stereocenters. The SMILES string of the molecule is CCC1CCCCCN1CCCCc1nc(CCl)cs1. The summed E-state index contributed by atoms with van der Waals surface area (Å²) in [5, 5.41) is 3.34. The van der Waals surface area contributed by atoms with Gasteiger partial charge in [-0.3, -0.25) is 0 Å². The summed E-state index contributed by atoms with van der Waals surface area (Å²) in [7, 11) is 0. The highest BCUT2D eigenvalue weighted by Gasteiger charge is 2.18. The van der Waals surface area contributed by atoms with Crippen LogP contribution in [0.15, 0.2) is 5.38 Å².